The largest absolute Gasteiger partial charge is 0.465 e. The minimum Gasteiger partial charge on any atom is -0.465 e. The fourth-order valence-electron chi connectivity index (χ4n) is 3.05. The van der Waals surface area contributed by atoms with E-state index >= 15 is 0 Å². The molecule has 4 heteroatoms. The molecule has 1 fully saturated rings. The molecule has 0 spiro atoms. The minimum absolute atomic E-state index is 0.105. The number of hydrogen-bond donors (Lipinski definition) is 1. The van der Waals surface area contributed by atoms with Crippen LogP contribution in [0.4, 0.5) is 0 Å². The Bertz CT molecular complexity index is 290. The monoisotopic (exact) mass is 284 g/mol. The van der Waals surface area contributed by atoms with Crippen molar-refractivity contribution in [1.29, 1.82) is 0 Å². The van der Waals surface area contributed by atoms with Crippen LogP contribution in [0.3, 0.4) is 0 Å². The Morgan fingerprint density at radius 3 is 2.50 bits per heavy atom. The van der Waals surface area contributed by atoms with Crippen LogP contribution in [0.1, 0.15) is 53.4 Å². The zero-order valence-corrected chi connectivity index (χ0v) is 13.7. The zero-order valence-electron chi connectivity index (χ0n) is 13.7. The molecule has 0 bridgehead atoms. The summed E-state index contributed by atoms with van der Waals surface area (Å²) in [5.41, 5.74) is 0.462. The van der Waals surface area contributed by atoms with Gasteiger partial charge in [-0.2, -0.15) is 0 Å². The van der Waals surface area contributed by atoms with E-state index < -0.39 is 0 Å². The van der Waals surface area contributed by atoms with E-state index in [1.54, 1.807) is 0 Å². The van der Waals surface area contributed by atoms with Gasteiger partial charge in [0.1, 0.15) is 6.04 Å². The summed E-state index contributed by atoms with van der Waals surface area (Å²) in [5, 5.41) is 3.33. The van der Waals surface area contributed by atoms with Crippen molar-refractivity contribution < 1.29 is 9.53 Å². The molecule has 1 N–H and O–H groups in total. The summed E-state index contributed by atoms with van der Waals surface area (Å²) in [4.78, 5) is 14.5. The quantitative estimate of drug-likeness (QED) is 0.660. The zero-order chi connectivity index (χ0) is 15.0. The van der Waals surface area contributed by atoms with Gasteiger partial charge in [0.05, 0.1) is 6.61 Å². The molecule has 4 nitrogen and oxygen atoms in total. The van der Waals surface area contributed by atoms with Gasteiger partial charge in [0.25, 0.3) is 0 Å². The van der Waals surface area contributed by atoms with E-state index in [0.29, 0.717) is 12.0 Å². The van der Waals surface area contributed by atoms with Crippen molar-refractivity contribution >= 4 is 5.97 Å². The van der Waals surface area contributed by atoms with Gasteiger partial charge in [-0.05, 0) is 51.1 Å². The van der Waals surface area contributed by atoms with Gasteiger partial charge < -0.3 is 15.0 Å². The molecule has 0 aromatic carbocycles. The molecule has 1 saturated heterocycles. The molecule has 1 heterocycles. The summed E-state index contributed by atoms with van der Waals surface area (Å²) in [5.74, 6) is -0.105. The third-order valence-electron chi connectivity index (χ3n) is 4.67. The summed E-state index contributed by atoms with van der Waals surface area (Å²) in [6.07, 6.45) is 4.74. The smallest absolute Gasteiger partial charge is 0.324 e. The minimum atomic E-state index is -0.181. The van der Waals surface area contributed by atoms with Gasteiger partial charge >= 0.3 is 5.97 Å². The molecular formula is C16H32N2O2. The Labute approximate surface area is 124 Å². The van der Waals surface area contributed by atoms with Gasteiger partial charge in [0.15, 0.2) is 0 Å². The lowest BCUT2D eigenvalue weighted by atomic mass is 9.82. The first kappa shape index (κ1) is 17.4. The van der Waals surface area contributed by atoms with Crippen molar-refractivity contribution in [1.82, 2.24) is 10.2 Å². The molecule has 0 amide bonds. The lowest BCUT2D eigenvalue weighted by Crippen LogP contribution is -2.47. The molecule has 0 aromatic rings. The Balaban J connectivity index is 2.55. The number of rotatable bonds is 9. The second-order valence-electron chi connectivity index (χ2n) is 5.95. The summed E-state index contributed by atoms with van der Waals surface area (Å²) in [6.45, 7) is 12.9. The highest BCUT2D eigenvalue weighted by Gasteiger charge is 2.36. The van der Waals surface area contributed by atoms with Crippen molar-refractivity contribution in [2.24, 2.45) is 5.41 Å². The second kappa shape index (κ2) is 8.63. The van der Waals surface area contributed by atoms with Gasteiger partial charge in [-0.3, -0.25) is 4.79 Å². The molecule has 0 aromatic heterocycles. The number of likely N-dealkylation sites (tertiary alicyclic amines) is 1. The summed E-state index contributed by atoms with van der Waals surface area (Å²) >= 11 is 0. The van der Waals surface area contributed by atoms with Crippen LogP contribution in [0.5, 0.6) is 0 Å². The molecular weight excluding hydrogens is 252 g/mol. The summed E-state index contributed by atoms with van der Waals surface area (Å²) in [6, 6.07) is -0.181. The van der Waals surface area contributed by atoms with Crippen molar-refractivity contribution in [3.05, 3.63) is 0 Å². The summed E-state index contributed by atoms with van der Waals surface area (Å²) < 4.78 is 5.19. The van der Waals surface area contributed by atoms with Gasteiger partial charge in [0, 0.05) is 13.1 Å². The van der Waals surface area contributed by atoms with Crippen LogP contribution < -0.4 is 5.32 Å². The van der Waals surface area contributed by atoms with Crippen molar-refractivity contribution in [3.63, 3.8) is 0 Å². The first-order valence-electron chi connectivity index (χ1n) is 8.23. The Morgan fingerprint density at radius 1 is 1.30 bits per heavy atom. The average Bonchev–Trinajstić information content (AvgIpc) is 2.87. The van der Waals surface area contributed by atoms with E-state index in [0.717, 1.165) is 32.6 Å². The molecule has 20 heavy (non-hydrogen) atoms. The van der Waals surface area contributed by atoms with E-state index in [9.17, 15) is 4.79 Å². The first-order chi connectivity index (χ1) is 9.60. The molecule has 118 valence electrons. The maximum atomic E-state index is 12.0. The predicted molar refractivity (Wildman–Crippen MR) is 82.8 cm³/mol. The molecule has 1 unspecified atom stereocenters. The second-order valence-corrected chi connectivity index (χ2v) is 5.95. The maximum absolute atomic E-state index is 12.0. The van der Waals surface area contributed by atoms with Crippen LogP contribution in [0.15, 0.2) is 0 Å². The van der Waals surface area contributed by atoms with Crippen LogP contribution in [0.2, 0.25) is 0 Å². The topological polar surface area (TPSA) is 41.6 Å². The molecule has 1 atom stereocenters. The van der Waals surface area contributed by atoms with Crippen LogP contribution in [-0.2, 0) is 9.53 Å². The highest BCUT2D eigenvalue weighted by molar-refractivity contribution is 5.76. The molecule has 1 rings (SSSR count). The Hall–Kier alpha value is -0.610. The fourth-order valence-corrected chi connectivity index (χ4v) is 3.05. The van der Waals surface area contributed by atoms with E-state index in [4.69, 9.17) is 4.74 Å². The van der Waals surface area contributed by atoms with Gasteiger partial charge in [-0.15, -0.1) is 0 Å². The lowest BCUT2D eigenvalue weighted by molar-refractivity contribution is -0.146. The fraction of sp³-hybridized carbons (Fsp3) is 0.938. The third kappa shape index (κ3) is 4.74. The summed E-state index contributed by atoms with van der Waals surface area (Å²) in [7, 11) is 0. The predicted octanol–water partition coefficient (Wildman–Crippen LogP) is 2.43. The molecule has 1 aliphatic rings. The highest BCUT2D eigenvalue weighted by atomic mass is 16.5. The van der Waals surface area contributed by atoms with Gasteiger partial charge in [0.2, 0.25) is 0 Å². The van der Waals surface area contributed by atoms with Crippen LogP contribution in [0.25, 0.3) is 0 Å². The molecule has 0 aliphatic carbocycles. The normalized spacial score (nSPS) is 20.0. The van der Waals surface area contributed by atoms with Crippen molar-refractivity contribution in [2.45, 2.75) is 59.4 Å². The number of carbonyl (C=O) groups excluding carboxylic acids is 1. The van der Waals surface area contributed by atoms with Crippen molar-refractivity contribution in [2.75, 3.05) is 32.8 Å². The van der Waals surface area contributed by atoms with E-state index in [1.807, 2.05) is 6.92 Å². The Kier molecular flexibility index (Phi) is 7.52. The van der Waals surface area contributed by atoms with E-state index in [2.05, 4.69) is 31.0 Å². The highest BCUT2D eigenvalue weighted by Crippen LogP contribution is 2.36. The van der Waals surface area contributed by atoms with Crippen LogP contribution in [-0.4, -0.2) is 49.7 Å². The lowest BCUT2D eigenvalue weighted by Gasteiger charge is -2.28. The van der Waals surface area contributed by atoms with Crippen LogP contribution >= 0.6 is 0 Å². The SMILES string of the molecule is CCCNC(CN1CCC(CC)(CC)C1)C(=O)OCC. The van der Waals surface area contributed by atoms with Crippen molar-refractivity contribution in [3.8, 4) is 0 Å². The number of hydrogen-bond acceptors (Lipinski definition) is 4. The van der Waals surface area contributed by atoms with Gasteiger partial charge in [-0.25, -0.2) is 0 Å². The number of carbonyl (C=O) groups is 1. The number of ether oxygens (including phenoxy) is 1. The van der Waals surface area contributed by atoms with Gasteiger partial charge in [-0.1, -0.05) is 20.8 Å². The molecule has 0 saturated carbocycles. The number of nitrogens with zero attached hydrogens (tertiary/aromatic N) is 1. The first-order valence-corrected chi connectivity index (χ1v) is 8.23. The molecule has 0 radical (unpaired) electrons. The van der Waals surface area contributed by atoms with E-state index in [-0.39, 0.29) is 12.0 Å². The Morgan fingerprint density at radius 2 is 2.00 bits per heavy atom. The maximum Gasteiger partial charge on any atom is 0.324 e. The average molecular weight is 284 g/mol. The third-order valence-corrected chi connectivity index (χ3v) is 4.67. The number of esters is 1. The number of nitrogens with one attached hydrogen (secondary N) is 1. The van der Waals surface area contributed by atoms with Crippen LogP contribution in [0, 0.1) is 5.41 Å². The molecule has 1 aliphatic heterocycles. The van der Waals surface area contributed by atoms with E-state index in [1.165, 1.54) is 19.3 Å². The standard InChI is InChI=1S/C16H32N2O2/c1-5-10-17-14(15(19)20-8-4)12-18-11-9-16(6-2,7-3)13-18/h14,17H,5-13H2,1-4H3.